The summed E-state index contributed by atoms with van der Waals surface area (Å²) in [6.07, 6.45) is 9.82. The van der Waals surface area contributed by atoms with Crippen molar-refractivity contribution in [2.45, 2.75) is 57.9 Å². The van der Waals surface area contributed by atoms with Crippen LogP contribution in [-0.4, -0.2) is 62.1 Å². The number of rotatable bonds is 5. The van der Waals surface area contributed by atoms with E-state index in [0.29, 0.717) is 0 Å². The Balaban J connectivity index is 0.00000208. The molecule has 2 saturated carbocycles. The summed E-state index contributed by atoms with van der Waals surface area (Å²) in [6, 6.07) is 0.927. The summed E-state index contributed by atoms with van der Waals surface area (Å²) in [7, 11) is 4.13. The van der Waals surface area contributed by atoms with Crippen LogP contribution in [0.15, 0.2) is 4.99 Å². The lowest BCUT2D eigenvalue weighted by Crippen LogP contribution is -2.43. The van der Waals surface area contributed by atoms with E-state index in [1.807, 2.05) is 7.05 Å². The summed E-state index contributed by atoms with van der Waals surface area (Å²) < 4.78 is 0. The second kappa shape index (κ2) is 9.60. The van der Waals surface area contributed by atoms with Gasteiger partial charge in [0, 0.05) is 39.8 Å². The molecule has 140 valence electrons. The zero-order valence-corrected chi connectivity index (χ0v) is 18.2. The number of guanidine groups is 1. The maximum atomic E-state index is 4.51. The van der Waals surface area contributed by atoms with Crippen molar-refractivity contribution in [3.05, 3.63) is 0 Å². The van der Waals surface area contributed by atoms with E-state index in [0.717, 1.165) is 42.8 Å². The van der Waals surface area contributed by atoms with Gasteiger partial charge in [-0.05, 0) is 56.4 Å². The average molecular weight is 448 g/mol. The molecular weight excluding hydrogens is 411 g/mol. The van der Waals surface area contributed by atoms with Crippen molar-refractivity contribution in [3.8, 4) is 0 Å². The van der Waals surface area contributed by atoms with Crippen LogP contribution in [-0.2, 0) is 0 Å². The normalized spacial score (nSPS) is 31.6. The summed E-state index contributed by atoms with van der Waals surface area (Å²) in [4.78, 5) is 9.57. The minimum absolute atomic E-state index is 0. The molecule has 1 unspecified atom stereocenters. The van der Waals surface area contributed by atoms with Crippen molar-refractivity contribution in [3.63, 3.8) is 0 Å². The van der Waals surface area contributed by atoms with Gasteiger partial charge in [0.25, 0.3) is 0 Å². The first-order valence-electron chi connectivity index (χ1n) is 9.81. The summed E-state index contributed by atoms with van der Waals surface area (Å²) in [5, 5.41) is 3.64. The summed E-state index contributed by atoms with van der Waals surface area (Å²) in [5.74, 6) is 3.68. The molecule has 0 aromatic carbocycles. The van der Waals surface area contributed by atoms with Gasteiger partial charge in [-0.1, -0.05) is 19.8 Å². The molecule has 3 rings (SSSR count). The van der Waals surface area contributed by atoms with Crippen LogP contribution in [0.3, 0.4) is 0 Å². The highest BCUT2D eigenvalue weighted by molar-refractivity contribution is 14.0. The van der Waals surface area contributed by atoms with Crippen molar-refractivity contribution < 1.29 is 0 Å². The Morgan fingerprint density at radius 2 is 1.79 bits per heavy atom. The van der Waals surface area contributed by atoms with Gasteiger partial charge in [-0.3, -0.25) is 4.99 Å². The van der Waals surface area contributed by atoms with Crippen molar-refractivity contribution in [1.82, 2.24) is 15.1 Å². The fraction of sp³-hybridized carbons (Fsp3) is 0.947. The molecule has 0 bridgehead atoms. The van der Waals surface area contributed by atoms with Crippen molar-refractivity contribution in [2.75, 3.05) is 40.3 Å². The summed E-state index contributed by atoms with van der Waals surface area (Å²) in [6.45, 7) is 7.24. The van der Waals surface area contributed by atoms with Gasteiger partial charge in [0.05, 0.1) is 0 Å². The monoisotopic (exact) mass is 448 g/mol. The molecule has 1 N–H and O–H groups in total. The van der Waals surface area contributed by atoms with E-state index in [2.05, 4.69) is 34.1 Å². The van der Waals surface area contributed by atoms with Gasteiger partial charge in [-0.25, -0.2) is 0 Å². The molecule has 2 aliphatic carbocycles. The van der Waals surface area contributed by atoms with E-state index >= 15 is 0 Å². The third-order valence-corrected chi connectivity index (χ3v) is 6.17. The average Bonchev–Trinajstić information content (AvgIpc) is 3.29. The Labute approximate surface area is 165 Å². The number of nitrogens with one attached hydrogen (secondary N) is 1. The molecule has 1 aliphatic heterocycles. The lowest BCUT2D eigenvalue weighted by molar-refractivity contribution is 0.249. The molecular formula is C19H37IN4. The third kappa shape index (κ3) is 5.75. The van der Waals surface area contributed by atoms with Crippen LogP contribution < -0.4 is 5.32 Å². The standard InChI is InChI=1S/C19H36N4.HI/c1-15-4-6-16(7-5-15)13-22(3)19(20-2)21-12-17-10-11-23(14-17)18-8-9-18;/h15-18H,4-14H2,1-3H3,(H,20,21);1H. The zero-order valence-electron chi connectivity index (χ0n) is 15.8. The molecule has 24 heavy (non-hydrogen) atoms. The van der Waals surface area contributed by atoms with Crippen molar-refractivity contribution in [2.24, 2.45) is 22.7 Å². The van der Waals surface area contributed by atoms with Crippen molar-refractivity contribution >= 4 is 29.9 Å². The van der Waals surface area contributed by atoms with Gasteiger partial charge in [-0.2, -0.15) is 0 Å². The fourth-order valence-corrected chi connectivity index (χ4v) is 4.41. The molecule has 1 saturated heterocycles. The Morgan fingerprint density at radius 1 is 1.08 bits per heavy atom. The topological polar surface area (TPSA) is 30.9 Å². The van der Waals surface area contributed by atoms with Gasteiger partial charge < -0.3 is 15.1 Å². The van der Waals surface area contributed by atoms with E-state index in [1.54, 1.807) is 0 Å². The minimum atomic E-state index is 0. The quantitative estimate of drug-likeness (QED) is 0.397. The number of hydrogen-bond donors (Lipinski definition) is 1. The molecule has 0 spiro atoms. The zero-order chi connectivity index (χ0) is 16.2. The van der Waals surface area contributed by atoms with Crippen LogP contribution in [0, 0.1) is 17.8 Å². The molecule has 5 heteroatoms. The number of likely N-dealkylation sites (tertiary alicyclic amines) is 1. The first kappa shape index (κ1) is 20.3. The highest BCUT2D eigenvalue weighted by Crippen LogP contribution is 2.31. The molecule has 0 aromatic rings. The van der Waals surface area contributed by atoms with E-state index in [1.165, 1.54) is 58.0 Å². The van der Waals surface area contributed by atoms with Gasteiger partial charge in [0.1, 0.15) is 0 Å². The second-order valence-corrected chi connectivity index (χ2v) is 8.32. The molecule has 1 heterocycles. The first-order chi connectivity index (χ1) is 11.2. The van der Waals surface area contributed by atoms with Gasteiger partial charge in [-0.15, -0.1) is 24.0 Å². The highest BCUT2D eigenvalue weighted by Gasteiger charge is 2.34. The number of hydrogen-bond acceptors (Lipinski definition) is 2. The molecule has 4 nitrogen and oxygen atoms in total. The Bertz CT molecular complexity index is 402. The van der Waals surface area contributed by atoms with Crippen LogP contribution in [0.4, 0.5) is 0 Å². The van der Waals surface area contributed by atoms with Crippen molar-refractivity contribution in [1.29, 1.82) is 0 Å². The van der Waals surface area contributed by atoms with E-state index in [4.69, 9.17) is 0 Å². The number of aliphatic imine (C=N–C) groups is 1. The maximum Gasteiger partial charge on any atom is 0.193 e. The van der Waals surface area contributed by atoms with E-state index in [9.17, 15) is 0 Å². The van der Waals surface area contributed by atoms with Crippen LogP contribution in [0.5, 0.6) is 0 Å². The molecule has 1 atom stereocenters. The Morgan fingerprint density at radius 3 is 2.42 bits per heavy atom. The molecule has 3 aliphatic rings. The molecule has 3 fully saturated rings. The largest absolute Gasteiger partial charge is 0.356 e. The smallest absolute Gasteiger partial charge is 0.193 e. The Kier molecular flexibility index (Phi) is 8.11. The van der Waals surface area contributed by atoms with Gasteiger partial charge >= 0.3 is 0 Å². The Hall–Kier alpha value is -0.0400. The minimum Gasteiger partial charge on any atom is -0.356 e. The number of halogens is 1. The third-order valence-electron chi connectivity index (χ3n) is 6.17. The highest BCUT2D eigenvalue weighted by atomic mass is 127. The van der Waals surface area contributed by atoms with Crippen LogP contribution in [0.25, 0.3) is 0 Å². The van der Waals surface area contributed by atoms with Crippen LogP contribution >= 0.6 is 24.0 Å². The van der Waals surface area contributed by atoms with Gasteiger partial charge in [0.2, 0.25) is 0 Å². The van der Waals surface area contributed by atoms with E-state index < -0.39 is 0 Å². The van der Waals surface area contributed by atoms with E-state index in [-0.39, 0.29) is 24.0 Å². The van der Waals surface area contributed by atoms with Crippen LogP contribution in [0.1, 0.15) is 51.9 Å². The second-order valence-electron chi connectivity index (χ2n) is 8.32. The SMILES string of the molecule is CN=C(NCC1CCN(C2CC2)C1)N(C)CC1CCC(C)CC1.I. The van der Waals surface area contributed by atoms with Crippen LogP contribution in [0.2, 0.25) is 0 Å². The predicted molar refractivity (Wildman–Crippen MR) is 113 cm³/mol. The molecule has 0 amide bonds. The lowest BCUT2D eigenvalue weighted by Gasteiger charge is -2.31. The summed E-state index contributed by atoms with van der Waals surface area (Å²) in [5.41, 5.74) is 0. The fourth-order valence-electron chi connectivity index (χ4n) is 4.41. The predicted octanol–water partition coefficient (Wildman–Crippen LogP) is 3.42. The van der Waals surface area contributed by atoms with Gasteiger partial charge in [0.15, 0.2) is 5.96 Å². The summed E-state index contributed by atoms with van der Waals surface area (Å²) >= 11 is 0. The molecule has 0 radical (unpaired) electrons. The first-order valence-corrected chi connectivity index (χ1v) is 9.81. The lowest BCUT2D eigenvalue weighted by atomic mass is 9.83. The maximum absolute atomic E-state index is 4.51. The molecule has 0 aromatic heterocycles. The number of nitrogens with zero attached hydrogens (tertiary/aromatic N) is 3.